The lowest BCUT2D eigenvalue weighted by Crippen LogP contribution is -2.46. The molecule has 4 aromatic rings. The standard InChI is InChI=1S/C37H43F3N6O6S/c1-37(2,3)52-32(47)23-51-18-4-12-44-14-16-45(17-15-44)27-7-5-24(6-8-27)25-19-28-29(21-42-36(28)41-20-25)35(48)33-30(39)9-10-31(34(33)40)43-53(49,50)46-13-11-26(38)22-46/h5-10,19-21,26,43H,4,11-18,22-23H2,1-3H3,(H,41,42)/t26-/m1/s1. The maximum atomic E-state index is 15.6. The zero-order chi connectivity index (χ0) is 37.9. The van der Waals surface area contributed by atoms with Gasteiger partial charge in [0, 0.05) is 87.0 Å². The lowest BCUT2D eigenvalue weighted by molar-refractivity contribution is -0.160. The van der Waals surface area contributed by atoms with Crippen LogP contribution in [0.5, 0.6) is 0 Å². The van der Waals surface area contributed by atoms with Gasteiger partial charge in [-0.3, -0.25) is 14.4 Å². The van der Waals surface area contributed by atoms with E-state index in [0.29, 0.717) is 23.2 Å². The third-order valence-electron chi connectivity index (χ3n) is 9.11. The number of nitrogens with one attached hydrogen (secondary N) is 2. The number of ether oxygens (including phenoxy) is 2. The Balaban J connectivity index is 1.08. The van der Waals surface area contributed by atoms with Gasteiger partial charge in [-0.1, -0.05) is 12.1 Å². The number of benzene rings is 2. The van der Waals surface area contributed by atoms with Crippen molar-refractivity contribution >= 4 is 44.4 Å². The highest BCUT2D eigenvalue weighted by atomic mass is 32.2. The Hall–Kier alpha value is -4.51. The minimum Gasteiger partial charge on any atom is -0.458 e. The molecule has 0 amide bonds. The van der Waals surface area contributed by atoms with Gasteiger partial charge in [0.05, 0.1) is 11.3 Å². The predicted octanol–water partition coefficient (Wildman–Crippen LogP) is 5.31. The Bertz CT molecular complexity index is 2060. The fraction of sp³-hybridized carbons (Fsp3) is 0.432. The number of hydrogen-bond donors (Lipinski definition) is 2. The van der Waals surface area contributed by atoms with Crippen molar-refractivity contribution in [2.24, 2.45) is 0 Å². The quantitative estimate of drug-likeness (QED) is 0.106. The summed E-state index contributed by atoms with van der Waals surface area (Å²) in [5.74, 6) is -3.92. The van der Waals surface area contributed by atoms with Crippen LogP contribution in [0, 0.1) is 11.6 Å². The number of hydrogen-bond acceptors (Lipinski definition) is 9. The molecule has 6 rings (SSSR count). The van der Waals surface area contributed by atoms with E-state index in [1.54, 1.807) is 12.3 Å². The third-order valence-corrected chi connectivity index (χ3v) is 10.6. The van der Waals surface area contributed by atoms with E-state index in [2.05, 4.69) is 19.8 Å². The molecule has 2 aliphatic heterocycles. The minimum absolute atomic E-state index is 0.00804. The second-order valence-electron chi connectivity index (χ2n) is 14.2. The van der Waals surface area contributed by atoms with Gasteiger partial charge in [0.15, 0.2) is 5.82 Å². The van der Waals surface area contributed by atoms with Crippen LogP contribution in [0.3, 0.4) is 0 Å². The molecule has 2 fully saturated rings. The summed E-state index contributed by atoms with van der Waals surface area (Å²) >= 11 is 0. The van der Waals surface area contributed by atoms with E-state index in [9.17, 15) is 22.4 Å². The van der Waals surface area contributed by atoms with Gasteiger partial charge in [0.25, 0.3) is 0 Å². The van der Waals surface area contributed by atoms with Crippen molar-refractivity contribution < 1.29 is 40.7 Å². The molecule has 53 heavy (non-hydrogen) atoms. The Morgan fingerprint density at radius 1 is 1.02 bits per heavy atom. The zero-order valence-corrected chi connectivity index (χ0v) is 30.6. The van der Waals surface area contributed by atoms with Crippen LogP contribution in [0.2, 0.25) is 0 Å². The first-order valence-corrected chi connectivity index (χ1v) is 18.9. The van der Waals surface area contributed by atoms with Gasteiger partial charge in [-0.05, 0) is 69.5 Å². The van der Waals surface area contributed by atoms with E-state index in [1.165, 1.54) is 6.20 Å². The summed E-state index contributed by atoms with van der Waals surface area (Å²) in [6.07, 6.45) is 2.42. The average Bonchev–Trinajstić information content (AvgIpc) is 3.75. The van der Waals surface area contributed by atoms with Crippen LogP contribution >= 0.6 is 0 Å². The largest absolute Gasteiger partial charge is 0.458 e. The highest BCUT2D eigenvalue weighted by Crippen LogP contribution is 2.31. The fourth-order valence-electron chi connectivity index (χ4n) is 6.44. The van der Waals surface area contributed by atoms with E-state index < -0.39 is 50.7 Å². The molecule has 0 spiro atoms. The number of nitrogens with zero attached hydrogens (tertiary/aromatic N) is 4. The van der Waals surface area contributed by atoms with E-state index >= 15 is 8.78 Å². The van der Waals surface area contributed by atoms with Crippen molar-refractivity contribution in [3.05, 3.63) is 77.6 Å². The van der Waals surface area contributed by atoms with Crippen molar-refractivity contribution in [1.82, 2.24) is 19.2 Å². The molecule has 4 heterocycles. The average molecular weight is 757 g/mol. The van der Waals surface area contributed by atoms with Crippen molar-refractivity contribution in [3.8, 4) is 11.1 Å². The molecule has 0 radical (unpaired) electrons. The van der Waals surface area contributed by atoms with E-state index in [-0.39, 0.29) is 37.6 Å². The number of halogens is 3. The van der Waals surface area contributed by atoms with Crippen molar-refractivity contribution in [2.45, 2.75) is 45.4 Å². The van der Waals surface area contributed by atoms with Gasteiger partial charge in [-0.25, -0.2) is 22.9 Å². The Kier molecular flexibility index (Phi) is 11.4. The van der Waals surface area contributed by atoms with Crippen LogP contribution in [0.25, 0.3) is 22.2 Å². The smallest absolute Gasteiger partial charge is 0.332 e. The second kappa shape index (κ2) is 15.8. The SMILES string of the molecule is CC(C)(C)OC(=O)COCCCN1CCN(c2ccc(-c3cnc4[nH]cc(C(=O)c5c(F)ccc(NS(=O)(=O)N6CC[C@@H](F)C6)c5F)c4c3)cc2)CC1. The first kappa shape index (κ1) is 38.2. The highest BCUT2D eigenvalue weighted by molar-refractivity contribution is 7.90. The molecule has 0 unspecified atom stereocenters. The summed E-state index contributed by atoms with van der Waals surface area (Å²) in [5.41, 5.74) is 0.739. The summed E-state index contributed by atoms with van der Waals surface area (Å²) in [6, 6.07) is 11.3. The molecule has 2 aromatic heterocycles. The van der Waals surface area contributed by atoms with Crippen LogP contribution < -0.4 is 9.62 Å². The number of alkyl halides is 1. The number of anilines is 2. The van der Waals surface area contributed by atoms with E-state index in [0.717, 1.165) is 66.8 Å². The lowest BCUT2D eigenvalue weighted by atomic mass is 9.99. The summed E-state index contributed by atoms with van der Waals surface area (Å²) in [7, 11) is -4.34. The number of fused-ring (bicyclic) bond motifs is 1. The van der Waals surface area contributed by atoms with E-state index in [4.69, 9.17) is 9.47 Å². The Morgan fingerprint density at radius 3 is 2.43 bits per heavy atom. The van der Waals surface area contributed by atoms with Crippen LogP contribution in [0.15, 0.2) is 54.9 Å². The van der Waals surface area contributed by atoms with Gasteiger partial charge >= 0.3 is 16.2 Å². The summed E-state index contributed by atoms with van der Waals surface area (Å²) in [5, 5.41) is 0.332. The number of esters is 1. The molecular formula is C37H43F3N6O6S. The molecule has 2 aromatic carbocycles. The Morgan fingerprint density at radius 2 is 1.75 bits per heavy atom. The number of ketones is 1. The number of aromatic nitrogens is 2. The lowest BCUT2D eigenvalue weighted by Gasteiger charge is -2.36. The number of piperazine rings is 1. The van der Waals surface area contributed by atoms with Gasteiger partial charge < -0.3 is 19.4 Å². The molecule has 2 saturated heterocycles. The highest BCUT2D eigenvalue weighted by Gasteiger charge is 2.33. The maximum absolute atomic E-state index is 15.6. The van der Waals surface area contributed by atoms with Crippen molar-refractivity contribution in [1.29, 1.82) is 0 Å². The van der Waals surface area contributed by atoms with Crippen LogP contribution in [-0.4, -0.2) is 110 Å². The molecule has 2 aliphatic rings. The number of aromatic amines is 1. The molecule has 16 heteroatoms. The van der Waals surface area contributed by atoms with Crippen LogP contribution in [-0.2, 0) is 24.5 Å². The number of rotatable bonds is 13. The summed E-state index contributed by atoms with van der Waals surface area (Å²) in [6.45, 7) is 9.73. The number of carbonyl (C=O) groups is 2. The van der Waals surface area contributed by atoms with Gasteiger partial charge in [0.2, 0.25) is 5.78 Å². The van der Waals surface area contributed by atoms with Gasteiger partial charge in [-0.2, -0.15) is 12.7 Å². The predicted molar refractivity (Wildman–Crippen MR) is 195 cm³/mol. The summed E-state index contributed by atoms with van der Waals surface area (Å²) < 4.78 is 83.4. The fourth-order valence-corrected chi connectivity index (χ4v) is 7.71. The monoisotopic (exact) mass is 756 g/mol. The van der Waals surface area contributed by atoms with Crippen molar-refractivity contribution in [2.75, 3.05) is 68.6 Å². The molecule has 0 bridgehead atoms. The topological polar surface area (TPSA) is 137 Å². The first-order chi connectivity index (χ1) is 25.2. The molecule has 12 nitrogen and oxygen atoms in total. The number of carbonyl (C=O) groups excluding carboxylic acids is 2. The maximum Gasteiger partial charge on any atom is 0.332 e. The van der Waals surface area contributed by atoms with Gasteiger partial charge in [0.1, 0.15) is 29.8 Å². The number of pyridine rings is 1. The Labute approximate surface area is 306 Å². The molecule has 2 N–H and O–H groups in total. The minimum atomic E-state index is -4.34. The molecule has 0 saturated carbocycles. The molecule has 0 aliphatic carbocycles. The van der Waals surface area contributed by atoms with Gasteiger partial charge in [-0.15, -0.1) is 0 Å². The first-order valence-electron chi connectivity index (χ1n) is 17.5. The third kappa shape index (κ3) is 9.18. The van der Waals surface area contributed by atoms with Crippen LogP contribution in [0.1, 0.15) is 49.5 Å². The molecular weight excluding hydrogens is 714 g/mol. The number of H-pyrrole nitrogens is 1. The molecule has 284 valence electrons. The zero-order valence-electron chi connectivity index (χ0n) is 29.8. The van der Waals surface area contributed by atoms with Crippen molar-refractivity contribution in [3.63, 3.8) is 0 Å². The second-order valence-corrected chi connectivity index (χ2v) is 15.8. The normalized spacial score (nSPS) is 17.4. The van der Waals surface area contributed by atoms with Crippen LogP contribution in [0.4, 0.5) is 24.5 Å². The summed E-state index contributed by atoms with van der Waals surface area (Å²) in [4.78, 5) is 37.4. The van der Waals surface area contributed by atoms with E-state index in [1.807, 2.05) is 49.8 Å². The molecule has 1 atom stereocenters.